The van der Waals surface area contributed by atoms with Crippen molar-refractivity contribution in [1.29, 1.82) is 0 Å². The van der Waals surface area contributed by atoms with Gasteiger partial charge in [0.15, 0.2) is 0 Å². The highest BCUT2D eigenvalue weighted by molar-refractivity contribution is 5.81. The first kappa shape index (κ1) is 8.94. The van der Waals surface area contributed by atoms with Crippen molar-refractivity contribution in [2.24, 2.45) is 0 Å². The molecule has 2 aromatic rings. The fourth-order valence-corrected chi connectivity index (χ4v) is 1.58. The lowest BCUT2D eigenvalue weighted by Crippen LogP contribution is -1.96. The molecule has 2 rings (SSSR count). The number of hydrogen-bond donors (Lipinski definition) is 1. The van der Waals surface area contributed by atoms with Gasteiger partial charge in [-0.15, -0.1) is 0 Å². The van der Waals surface area contributed by atoms with Crippen molar-refractivity contribution in [3.8, 4) is 0 Å². The fraction of sp³-hybridized carbons (Fsp3) is 0.273. The number of aromatic nitrogens is 2. The smallest absolute Gasteiger partial charge is 0.137 e. The Kier molecular flexibility index (Phi) is 2.08. The van der Waals surface area contributed by atoms with Crippen LogP contribution in [0.5, 0.6) is 0 Å². The maximum absolute atomic E-state index is 10.9. The highest BCUT2D eigenvalue weighted by atomic mass is 16.1. The first-order valence-electron chi connectivity index (χ1n) is 4.59. The molecule has 0 aliphatic carbocycles. The topological polar surface area (TPSA) is 45.8 Å². The van der Waals surface area contributed by atoms with Gasteiger partial charge in [-0.2, -0.15) is 0 Å². The zero-order chi connectivity index (χ0) is 10.1. The molecule has 0 fully saturated rings. The Morgan fingerprint density at radius 1 is 1.50 bits per heavy atom. The molecular weight excluding hydrogens is 176 g/mol. The summed E-state index contributed by atoms with van der Waals surface area (Å²) in [5.41, 5.74) is 2.95. The molecule has 0 spiro atoms. The molecule has 2 aromatic heterocycles. The van der Waals surface area contributed by atoms with Crippen LogP contribution in [0.25, 0.3) is 11.0 Å². The second-order valence-electron chi connectivity index (χ2n) is 3.61. The molecular formula is C11H12N2O. The molecule has 0 saturated heterocycles. The van der Waals surface area contributed by atoms with Crippen molar-refractivity contribution < 1.29 is 4.79 Å². The monoisotopic (exact) mass is 188 g/mol. The maximum Gasteiger partial charge on any atom is 0.137 e. The van der Waals surface area contributed by atoms with E-state index in [4.69, 9.17) is 0 Å². The van der Waals surface area contributed by atoms with E-state index in [0.717, 1.165) is 22.3 Å². The van der Waals surface area contributed by atoms with Crippen LogP contribution in [0.4, 0.5) is 0 Å². The molecule has 0 aliphatic heterocycles. The summed E-state index contributed by atoms with van der Waals surface area (Å²) in [4.78, 5) is 18.3. The van der Waals surface area contributed by atoms with Crippen LogP contribution in [0.1, 0.15) is 18.2 Å². The molecule has 1 N–H and O–H groups in total. The quantitative estimate of drug-likeness (QED) is 0.783. The maximum atomic E-state index is 10.9. The second kappa shape index (κ2) is 3.25. The number of H-pyrrole nitrogens is 1. The summed E-state index contributed by atoms with van der Waals surface area (Å²) in [7, 11) is 0. The van der Waals surface area contributed by atoms with E-state index in [0.29, 0.717) is 6.42 Å². The van der Waals surface area contributed by atoms with E-state index in [1.807, 2.05) is 19.1 Å². The van der Waals surface area contributed by atoms with Gasteiger partial charge in [-0.05, 0) is 31.5 Å². The van der Waals surface area contributed by atoms with Gasteiger partial charge < -0.3 is 4.98 Å². The van der Waals surface area contributed by atoms with Crippen LogP contribution < -0.4 is 0 Å². The van der Waals surface area contributed by atoms with Gasteiger partial charge in [0.1, 0.15) is 11.4 Å². The molecule has 0 aliphatic rings. The van der Waals surface area contributed by atoms with E-state index >= 15 is 0 Å². The summed E-state index contributed by atoms with van der Waals surface area (Å²) >= 11 is 0. The average molecular weight is 188 g/mol. The Balaban J connectivity index is 2.45. The number of rotatable bonds is 2. The summed E-state index contributed by atoms with van der Waals surface area (Å²) in [5.74, 6) is 0.165. The molecule has 14 heavy (non-hydrogen) atoms. The van der Waals surface area contributed by atoms with Crippen LogP contribution in [0, 0.1) is 6.92 Å². The van der Waals surface area contributed by atoms with Gasteiger partial charge in [0.25, 0.3) is 0 Å². The van der Waals surface area contributed by atoms with E-state index in [1.165, 1.54) is 0 Å². The van der Waals surface area contributed by atoms with Crippen LogP contribution in [0.3, 0.4) is 0 Å². The van der Waals surface area contributed by atoms with Crippen molar-refractivity contribution in [1.82, 2.24) is 9.97 Å². The van der Waals surface area contributed by atoms with Crippen molar-refractivity contribution in [3.63, 3.8) is 0 Å². The average Bonchev–Trinajstić information content (AvgIpc) is 2.42. The Morgan fingerprint density at radius 2 is 2.29 bits per heavy atom. The summed E-state index contributed by atoms with van der Waals surface area (Å²) in [6, 6.07) is 4.04. The van der Waals surface area contributed by atoms with E-state index in [9.17, 15) is 4.79 Å². The molecule has 3 heteroatoms. The molecule has 72 valence electrons. The SMILES string of the molecule is CC(=O)Cc1cnc2[nH]c(C)cc2c1. The summed E-state index contributed by atoms with van der Waals surface area (Å²) < 4.78 is 0. The Labute approximate surface area is 82.2 Å². The van der Waals surface area contributed by atoms with Crippen molar-refractivity contribution >= 4 is 16.8 Å². The number of nitrogens with one attached hydrogen (secondary N) is 1. The van der Waals surface area contributed by atoms with Gasteiger partial charge in [-0.25, -0.2) is 4.98 Å². The number of carbonyl (C=O) groups is 1. The van der Waals surface area contributed by atoms with Crippen LogP contribution in [-0.2, 0) is 11.2 Å². The third kappa shape index (κ3) is 1.66. The number of aromatic amines is 1. The number of fused-ring (bicyclic) bond motifs is 1. The molecule has 0 bridgehead atoms. The number of pyridine rings is 1. The van der Waals surface area contributed by atoms with Gasteiger partial charge in [0, 0.05) is 23.7 Å². The van der Waals surface area contributed by atoms with Crippen LogP contribution in [-0.4, -0.2) is 15.8 Å². The van der Waals surface area contributed by atoms with E-state index in [2.05, 4.69) is 9.97 Å². The van der Waals surface area contributed by atoms with E-state index in [1.54, 1.807) is 13.1 Å². The number of aryl methyl sites for hydroxylation is 1. The number of Topliss-reactive ketones (excluding diaryl/α,β-unsaturated/α-hetero) is 1. The van der Waals surface area contributed by atoms with Crippen molar-refractivity contribution in [2.45, 2.75) is 20.3 Å². The first-order valence-corrected chi connectivity index (χ1v) is 4.59. The molecule has 0 amide bonds. The van der Waals surface area contributed by atoms with Gasteiger partial charge in [0.2, 0.25) is 0 Å². The van der Waals surface area contributed by atoms with Crippen LogP contribution in [0.15, 0.2) is 18.3 Å². The first-order chi connectivity index (χ1) is 6.65. The lowest BCUT2D eigenvalue weighted by Gasteiger charge is -1.96. The molecule has 0 unspecified atom stereocenters. The van der Waals surface area contributed by atoms with Crippen molar-refractivity contribution in [2.75, 3.05) is 0 Å². The predicted molar refractivity (Wildman–Crippen MR) is 55.2 cm³/mol. The third-order valence-electron chi connectivity index (χ3n) is 2.11. The molecule has 0 saturated carbocycles. The highest BCUT2D eigenvalue weighted by Crippen LogP contribution is 2.14. The predicted octanol–water partition coefficient (Wildman–Crippen LogP) is 2.00. The summed E-state index contributed by atoms with van der Waals surface area (Å²) in [6.07, 6.45) is 2.22. The number of carbonyl (C=O) groups excluding carboxylic acids is 1. The molecule has 0 radical (unpaired) electrons. The summed E-state index contributed by atoms with van der Waals surface area (Å²) in [6.45, 7) is 3.58. The van der Waals surface area contributed by atoms with Gasteiger partial charge in [-0.3, -0.25) is 4.79 Å². The van der Waals surface area contributed by atoms with Crippen LogP contribution >= 0.6 is 0 Å². The summed E-state index contributed by atoms with van der Waals surface area (Å²) in [5, 5.41) is 1.07. The number of hydrogen-bond acceptors (Lipinski definition) is 2. The lowest BCUT2D eigenvalue weighted by atomic mass is 10.1. The molecule has 0 aromatic carbocycles. The Hall–Kier alpha value is -1.64. The molecule has 0 atom stereocenters. The molecule has 2 heterocycles. The lowest BCUT2D eigenvalue weighted by molar-refractivity contribution is -0.116. The van der Waals surface area contributed by atoms with E-state index < -0.39 is 0 Å². The normalized spacial score (nSPS) is 10.7. The third-order valence-corrected chi connectivity index (χ3v) is 2.11. The number of nitrogens with zero attached hydrogens (tertiary/aromatic N) is 1. The fourth-order valence-electron chi connectivity index (χ4n) is 1.58. The number of ketones is 1. The van der Waals surface area contributed by atoms with Gasteiger partial charge >= 0.3 is 0 Å². The standard InChI is InChI=1S/C11H12N2O/c1-7-3-10-5-9(4-8(2)14)6-12-11(10)13-7/h3,5-6H,4H2,1-2H3,(H,12,13). The van der Waals surface area contributed by atoms with Gasteiger partial charge in [0.05, 0.1) is 0 Å². The Bertz CT molecular complexity index is 485. The second-order valence-corrected chi connectivity index (χ2v) is 3.61. The highest BCUT2D eigenvalue weighted by Gasteiger charge is 2.02. The zero-order valence-corrected chi connectivity index (χ0v) is 8.29. The molecule has 3 nitrogen and oxygen atoms in total. The minimum absolute atomic E-state index is 0.165. The Morgan fingerprint density at radius 3 is 3.00 bits per heavy atom. The van der Waals surface area contributed by atoms with Crippen LogP contribution in [0.2, 0.25) is 0 Å². The minimum atomic E-state index is 0.165. The minimum Gasteiger partial charge on any atom is -0.344 e. The van der Waals surface area contributed by atoms with E-state index in [-0.39, 0.29) is 5.78 Å². The van der Waals surface area contributed by atoms with Crippen molar-refractivity contribution in [3.05, 3.63) is 29.6 Å². The largest absolute Gasteiger partial charge is 0.344 e. The van der Waals surface area contributed by atoms with Gasteiger partial charge in [-0.1, -0.05) is 0 Å². The zero-order valence-electron chi connectivity index (χ0n) is 8.29.